The van der Waals surface area contributed by atoms with Crippen molar-refractivity contribution in [2.75, 3.05) is 18.4 Å². The minimum atomic E-state index is -0.804. The number of hydrogen-bond donors (Lipinski definition) is 3. The summed E-state index contributed by atoms with van der Waals surface area (Å²) in [6.45, 7) is 7.50. The average Bonchev–Trinajstić information content (AvgIpc) is 3.18. The van der Waals surface area contributed by atoms with E-state index in [4.69, 9.17) is 0 Å². The number of benzene rings is 1. The quantitative estimate of drug-likeness (QED) is 0.473. The number of fused-ring (bicyclic) bond motifs is 3. The molecule has 0 radical (unpaired) electrons. The van der Waals surface area contributed by atoms with Crippen molar-refractivity contribution in [1.82, 2.24) is 25.6 Å². The zero-order valence-corrected chi connectivity index (χ0v) is 20.6. The van der Waals surface area contributed by atoms with Gasteiger partial charge in [-0.25, -0.2) is 14.2 Å². The van der Waals surface area contributed by atoms with Gasteiger partial charge in [0.1, 0.15) is 12.4 Å². The largest absolute Gasteiger partial charge is 0.353 e. The number of hydrazine groups is 1. The van der Waals surface area contributed by atoms with Gasteiger partial charge in [-0.2, -0.15) is 5.43 Å². The van der Waals surface area contributed by atoms with Crippen molar-refractivity contribution in [1.29, 1.82) is 0 Å². The Morgan fingerprint density at radius 3 is 2.72 bits per heavy atom. The summed E-state index contributed by atoms with van der Waals surface area (Å²) in [6.07, 6.45) is 2.99. The summed E-state index contributed by atoms with van der Waals surface area (Å²) in [5, 5.41) is 6.61. The van der Waals surface area contributed by atoms with Crippen molar-refractivity contribution in [2.45, 2.75) is 57.9 Å². The van der Waals surface area contributed by atoms with E-state index in [9.17, 15) is 23.6 Å². The first-order valence-corrected chi connectivity index (χ1v) is 12.4. The van der Waals surface area contributed by atoms with Gasteiger partial charge in [-0.1, -0.05) is 25.1 Å². The first-order valence-electron chi connectivity index (χ1n) is 12.4. The Balaban J connectivity index is 1.52. The Bertz CT molecular complexity index is 1050. The summed E-state index contributed by atoms with van der Waals surface area (Å²) >= 11 is 0. The van der Waals surface area contributed by atoms with Crippen molar-refractivity contribution < 1.29 is 23.6 Å². The van der Waals surface area contributed by atoms with E-state index in [1.165, 1.54) is 23.1 Å². The molecule has 1 aromatic carbocycles. The summed E-state index contributed by atoms with van der Waals surface area (Å²) in [4.78, 5) is 55.4. The molecular formula is C25H33FN6O4. The molecule has 194 valence electrons. The Morgan fingerprint density at radius 1 is 1.28 bits per heavy atom. The minimum Gasteiger partial charge on any atom is -0.353 e. The summed E-state index contributed by atoms with van der Waals surface area (Å²) in [5.74, 6) is -2.11. The summed E-state index contributed by atoms with van der Waals surface area (Å²) in [6, 6.07) is 4.85. The van der Waals surface area contributed by atoms with E-state index in [2.05, 4.69) is 22.6 Å². The first kappa shape index (κ1) is 25.6. The molecule has 1 saturated carbocycles. The van der Waals surface area contributed by atoms with Crippen LogP contribution in [0.4, 0.5) is 14.9 Å². The predicted octanol–water partition coefficient (Wildman–Crippen LogP) is 2.02. The van der Waals surface area contributed by atoms with Gasteiger partial charge in [0, 0.05) is 24.5 Å². The van der Waals surface area contributed by atoms with Gasteiger partial charge >= 0.3 is 6.03 Å². The monoisotopic (exact) mass is 500 g/mol. The number of nitrogens with zero attached hydrogens (tertiary/aromatic N) is 3. The smallest absolute Gasteiger partial charge is 0.337 e. The number of nitrogens with one attached hydrogen (secondary N) is 3. The third-order valence-electron chi connectivity index (χ3n) is 7.20. The minimum absolute atomic E-state index is 0.0119. The fraction of sp³-hybridized carbons (Fsp3) is 0.520. The first-order chi connectivity index (χ1) is 17.2. The normalized spacial score (nSPS) is 26.2. The number of rotatable bonds is 8. The molecule has 0 bridgehead atoms. The average molecular weight is 501 g/mol. The molecule has 2 heterocycles. The highest BCUT2D eigenvalue weighted by Gasteiger charge is 2.56. The molecule has 10 nitrogen and oxygen atoms in total. The van der Waals surface area contributed by atoms with Crippen LogP contribution in [0.1, 0.15) is 39.5 Å². The van der Waals surface area contributed by atoms with E-state index in [0.717, 1.165) is 11.4 Å². The number of carbonyl (C=O) groups is 4. The maximum Gasteiger partial charge on any atom is 0.337 e. The van der Waals surface area contributed by atoms with Crippen LogP contribution in [0.3, 0.4) is 0 Å². The highest BCUT2D eigenvalue weighted by atomic mass is 19.1. The predicted molar refractivity (Wildman–Crippen MR) is 130 cm³/mol. The fourth-order valence-corrected chi connectivity index (χ4v) is 5.16. The van der Waals surface area contributed by atoms with Crippen molar-refractivity contribution in [3.8, 4) is 0 Å². The second-order valence-electron chi connectivity index (χ2n) is 9.59. The van der Waals surface area contributed by atoms with Crippen LogP contribution in [0.2, 0.25) is 0 Å². The van der Waals surface area contributed by atoms with Crippen molar-refractivity contribution in [2.24, 2.45) is 11.8 Å². The SMILES string of the molecule is C=CCN1C(=O)C2CCC(C(=O)NC(C)CC)CC2N2C(=O)N(CC(=O)Nc3ccccc3F)NC12. The zero-order valence-electron chi connectivity index (χ0n) is 20.6. The van der Waals surface area contributed by atoms with Crippen LogP contribution >= 0.6 is 0 Å². The lowest BCUT2D eigenvalue weighted by Crippen LogP contribution is -2.67. The van der Waals surface area contributed by atoms with Crippen LogP contribution < -0.4 is 16.1 Å². The van der Waals surface area contributed by atoms with Crippen molar-refractivity contribution in [3.63, 3.8) is 0 Å². The molecule has 4 rings (SSSR count). The Kier molecular flexibility index (Phi) is 7.58. The second kappa shape index (κ2) is 10.7. The van der Waals surface area contributed by atoms with E-state index in [0.29, 0.717) is 19.3 Å². The van der Waals surface area contributed by atoms with Crippen molar-refractivity contribution >= 4 is 29.4 Å². The summed E-state index contributed by atoms with van der Waals surface area (Å²) < 4.78 is 13.9. The zero-order chi connectivity index (χ0) is 26.0. The van der Waals surface area contributed by atoms with Gasteiger partial charge in [0.15, 0.2) is 6.29 Å². The molecule has 0 aromatic heterocycles. The molecule has 2 saturated heterocycles. The molecule has 5 atom stereocenters. The maximum absolute atomic E-state index is 13.9. The van der Waals surface area contributed by atoms with Crippen LogP contribution in [0.25, 0.3) is 0 Å². The number of urea groups is 1. The third-order valence-corrected chi connectivity index (χ3v) is 7.20. The second-order valence-corrected chi connectivity index (χ2v) is 9.59. The molecule has 3 fully saturated rings. The molecular weight excluding hydrogens is 467 g/mol. The van der Waals surface area contributed by atoms with Gasteiger partial charge in [-0.15, -0.1) is 6.58 Å². The van der Waals surface area contributed by atoms with Gasteiger partial charge < -0.3 is 15.5 Å². The van der Waals surface area contributed by atoms with E-state index in [1.54, 1.807) is 17.0 Å². The molecule has 1 aliphatic carbocycles. The molecule has 3 aliphatic rings. The van der Waals surface area contributed by atoms with Crippen LogP contribution in [0.5, 0.6) is 0 Å². The van der Waals surface area contributed by atoms with Crippen LogP contribution in [-0.2, 0) is 14.4 Å². The lowest BCUT2D eigenvalue weighted by atomic mass is 9.75. The Morgan fingerprint density at radius 2 is 2.03 bits per heavy atom. The van der Waals surface area contributed by atoms with Crippen LogP contribution in [-0.4, -0.2) is 70.0 Å². The van der Waals surface area contributed by atoms with Crippen LogP contribution in [0, 0.1) is 17.7 Å². The number of anilines is 1. The molecule has 2 aliphatic heterocycles. The lowest BCUT2D eigenvalue weighted by molar-refractivity contribution is -0.157. The van der Waals surface area contributed by atoms with Crippen LogP contribution in [0.15, 0.2) is 36.9 Å². The lowest BCUT2D eigenvalue weighted by Gasteiger charge is -2.49. The Labute approximate surface area is 209 Å². The summed E-state index contributed by atoms with van der Waals surface area (Å²) in [7, 11) is 0. The van der Waals surface area contributed by atoms with Gasteiger partial charge in [0.2, 0.25) is 17.7 Å². The number of hydrogen-bond acceptors (Lipinski definition) is 5. The third kappa shape index (κ3) is 4.92. The number of halogens is 1. The maximum atomic E-state index is 13.9. The van der Waals surface area contributed by atoms with E-state index in [-0.39, 0.29) is 42.6 Å². The van der Waals surface area contributed by atoms with Crippen molar-refractivity contribution in [3.05, 3.63) is 42.7 Å². The van der Waals surface area contributed by atoms with Gasteiger partial charge in [-0.3, -0.25) is 19.3 Å². The van der Waals surface area contributed by atoms with Gasteiger partial charge in [0.05, 0.1) is 11.6 Å². The fourth-order valence-electron chi connectivity index (χ4n) is 5.16. The molecule has 5 unspecified atom stereocenters. The summed E-state index contributed by atoms with van der Waals surface area (Å²) in [5.41, 5.74) is 2.98. The molecule has 36 heavy (non-hydrogen) atoms. The molecule has 0 spiro atoms. The Hall–Kier alpha value is -3.47. The standard InChI is InChI=1S/C25H33FN6O4/c1-4-12-30-23(35)17-11-10-16(22(34)27-15(3)5-2)13-20(17)32-24(30)29-31(25(32)36)14-21(33)28-19-9-7-6-8-18(19)26/h4,6-9,15-17,20,24,29H,1,5,10-14H2,2-3H3,(H,27,34)(H,28,33). The molecule has 5 amide bonds. The number of amides is 5. The molecule has 3 N–H and O–H groups in total. The highest BCUT2D eigenvalue weighted by Crippen LogP contribution is 2.40. The van der Waals surface area contributed by atoms with Gasteiger partial charge in [0.25, 0.3) is 0 Å². The van der Waals surface area contributed by atoms with Gasteiger partial charge in [-0.05, 0) is 44.7 Å². The molecule has 11 heteroatoms. The highest BCUT2D eigenvalue weighted by molar-refractivity contribution is 5.95. The topological polar surface area (TPSA) is 114 Å². The van der Waals surface area contributed by atoms with E-state index < -0.39 is 36.0 Å². The van der Waals surface area contributed by atoms with E-state index in [1.807, 2.05) is 13.8 Å². The number of para-hydroxylation sites is 1. The molecule has 1 aromatic rings. The number of carbonyl (C=O) groups excluding carboxylic acids is 4. The van der Waals surface area contributed by atoms with E-state index >= 15 is 0 Å².